The molecule has 1 N–H and O–H groups in total. The molecule has 2 heterocycles. The van der Waals surface area contributed by atoms with E-state index in [9.17, 15) is 4.79 Å². The van der Waals surface area contributed by atoms with Gasteiger partial charge in [0.25, 0.3) is 0 Å². The lowest BCUT2D eigenvalue weighted by molar-refractivity contribution is -0.115. The third-order valence-electron chi connectivity index (χ3n) is 2.57. The van der Waals surface area contributed by atoms with Crippen molar-refractivity contribution in [3.63, 3.8) is 0 Å². The van der Waals surface area contributed by atoms with E-state index < -0.39 is 0 Å². The fourth-order valence-electron chi connectivity index (χ4n) is 1.53. The first-order valence-corrected chi connectivity index (χ1v) is 5.77. The third-order valence-corrected chi connectivity index (χ3v) is 2.87. The summed E-state index contributed by atoms with van der Waals surface area (Å²) in [6.45, 7) is 3.62. The molecule has 0 spiro atoms. The van der Waals surface area contributed by atoms with Crippen molar-refractivity contribution in [1.29, 1.82) is 0 Å². The minimum Gasteiger partial charge on any atom is -0.344 e. The van der Waals surface area contributed by atoms with Crippen LogP contribution in [0.15, 0.2) is 23.0 Å². The molecule has 0 aliphatic carbocycles. The zero-order chi connectivity index (χ0) is 13.1. The van der Waals surface area contributed by atoms with E-state index in [0.29, 0.717) is 11.3 Å². The molecule has 0 aliphatic rings. The molecule has 94 valence electrons. The van der Waals surface area contributed by atoms with Gasteiger partial charge in [-0.3, -0.25) is 9.78 Å². The number of carbonyl (C=O) groups is 1. The predicted octanol–water partition coefficient (Wildman–Crippen LogP) is 2.52. The number of hydrogen-bond acceptors (Lipinski definition) is 4. The molecule has 0 bridgehead atoms. The van der Waals surface area contributed by atoms with Crippen LogP contribution in [0, 0.1) is 13.8 Å². The van der Waals surface area contributed by atoms with Crippen LogP contribution >= 0.6 is 11.6 Å². The van der Waals surface area contributed by atoms with Crippen LogP contribution in [0.5, 0.6) is 0 Å². The number of aryl methyl sites for hydroxylation is 2. The molecular weight excluding hydrogens is 254 g/mol. The molecule has 2 aromatic rings. The molecule has 0 aromatic carbocycles. The Hall–Kier alpha value is -1.88. The minimum atomic E-state index is -0.169. The van der Waals surface area contributed by atoms with Crippen LogP contribution in [0.25, 0.3) is 0 Å². The molecule has 0 aliphatic heterocycles. The fraction of sp³-hybridized carbons (Fsp3) is 0.250. The fourth-order valence-corrected chi connectivity index (χ4v) is 1.77. The topological polar surface area (TPSA) is 68.0 Å². The highest BCUT2D eigenvalue weighted by Crippen LogP contribution is 2.20. The average molecular weight is 266 g/mol. The van der Waals surface area contributed by atoms with Crippen LogP contribution in [0.2, 0.25) is 5.22 Å². The van der Waals surface area contributed by atoms with Gasteiger partial charge >= 0.3 is 0 Å². The van der Waals surface area contributed by atoms with Crippen LogP contribution in [0.3, 0.4) is 0 Å². The second-order valence-corrected chi connectivity index (χ2v) is 4.28. The predicted molar refractivity (Wildman–Crippen MR) is 67.6 cm³/mol. The molecule has 2 rings (SSSR count). The zero-order valence-electron chi connectivity index (χ0n) is 10.0. The van der Waals surface area contributed by atoms with Gasteiger partial charge in [-0.25, -0.2) is 0 Å². The maximum absolute atomic E-state index is 11.9. The summed E-state index contributed by atoms with van der Waals surface area (Å²) in [5.74, 6) is -0.169. The minimum absolute atomic E-state index is 0.135. The van der Waals surface area contributed by atoms with Crippen molar-refractivity contribution in [2.24, 2.45) is 0 Å². The summed E-state index contributed by atoms with van der Waals surface area (Å²) >= 11 is 5.80. The quantitative estimate of drug-likeness (QED) is 0.926. The molecule has 1 amide bonds. The number of amides is 1. The largest absolute Gasteiger partial charge is 0.344 e. The first-order chi connectivity index (χ1) is 8.58. The molecule has 18 heavy (non-hydrogen) atoms. The summed E-state index contributed by atoms with van der Waals surface area (Å²) in [6.07, 6.45) is 3.45. The van der Waals surface area contributed by atoms with E-state index in [1.807, 2.05) is 6.92 Å². The van der Waals surface area contributed by atoms with Gasteiger partial charge in [-0.2, -0.15) is 0 Å². The van der Waals surface area contributed by atoms with Crippen molar-refractivity contribution in [3.05, 3.63) is 40.5 Å². The number of hydrogen-bond donors (Lipinski definition) is 1. The van der Waals surface area contributed by atoms with Crippen LogP contribution in [0.4, 0.5) is 5.69 Å². The van der Waals surface area contributed by atoms with Gasteiger partial charge in [0.05, 0.1) is 12.1 Å². The summed E-state index contributed by atoms with van der Waals surface area (Å²) < 4.78 is 4.80. The molecule has 0 atom stereocenters. The van der Waals surface area contributed by atoms with Gasteiger partial charge in [0.1, 0.15) is 0 Å². The van der Waals surface area contributed by atoms with Crippen LogP contribution in [-0.4, -0.2) is 16.0 Å². The standard InChI is InChI=1S/C12H12ClN3O2/c1-7-6-14-4-3-10(7)15-11(17)5-9-8(2)16-18-12(9)13/h3-4,6H,5H2,1-2H3,(H,14,15,17). The Morgan fingerprint density at radius 1 is 1.50 bits per heavy atom. The smallest absolute Gasteiger partial charge is 0.229 e. The maximum Gasteiger partial charge on any atom is 0.229 e. The zero-order valence-corrected chi connectivity index (χ0v) is 10.8. The van der Waals surface area contributed by atoms with Gasteiger partial charge in [0.15, 0.2) is 0 Å². The Morgan fingerprint density at radius 3 is 2.89 bits per heavy atom. The van der Waals surface area contributed by atoms with Gasteiger partial charge in [-0.1, -0.05) is 5.16 Å². The van der Waals surface area contributed by atoms with E-state index >= 15 is 0 Å². The lowest BCUT2D eigenvalue weighted by Gasteiger charge is -2.06. The molecule has 0 radical (unpaired) electrons. The molecule has 0 saturated carbocycles. The molecule has 6 heteroatoms. The Bertz CT molecular complexity index is 561. The van der Waals surface area contributed by atoms with Crippen LogP contribution < -0.4 is 5.32 Å². The van der Waals surface area contributed by atoms with Gasteiger partial charge in [0.2, 0.25) is 11.1 Å². The Kier molecular flexibility index (Phi) is 3.62. The highest BCUT2D eigenvalue weighted by atomic mass is 35.5. The monoisotopic (exact) mass is 265 g/mol. The second kappa shape index (κ2) is 5.18. The maximum atomic E-state index is 11.9. The molecule has 0 unspecified atom stereocenters. The second-order valence-electron chi connectivity index (χ2n) is 3.94. The number of pyridine rings is 1. The molecule has 0 saturated heterocycles. The summed E-state index contributed by atoms with van der Waals surface area (Å²) in [6, 6.07) is 1.75. The lowest BCUT2D eigenvalue weighted by Crippen LogP contribution is -2.15. The Morgan fingerprint density at radius 2 is 2.28 bits per heavy atom. The van der Waals surface area contributed by atoms with E-state index in [-0.39, 0.29) is 17.5 Å². The number of halogens is 1. The van der Waals surface area contributed by atoms with Crippen LogP contribution in [-0.2, 0) is 11.2 Å². The SMILES string of the molecule is Cc1cnccc1NC(=O)Cc1c(C)noc1Cl. The van der Waals surface area contributed by atoms with Gasteiger partial charge in [-0.05, 0) is 37.1 Å². The van der Waals surface area contributed by atoms with Crippen LogP contribution in [0.1, 0.15) is 16.8 Å². The van der Waals surface area contributed by atoms with Crippen molar-refractivity contribution >= 4 is 23.2 Å². The number of rotatable bonds is 3. The highest BCUT2D eigenvalue weighted by molar-refractivity contribution is 6.29. The van der Waals surface area contributed by atoms with E-state index in [2.05, 4.69) is 15.5 Å². The summed E-state index contributed by atoms with van der Waals surface area (Å²) in [5.41, 5.74) is 2.88. The summed E-state index contributed by atoms with van der Waals surface area (Å²) in [5, 5.41) is 6.65. The first kappa shape index (κ1) is 12.6. The number of carbonyl (C=O) groups excluding carboxylic acids is 1. The first-order valence-electron chi connectivity index (χ1n) is 5.39. The third kappa shape index (κ3) is 2.68. The van der Waals surface area contributed by atoms with Gasteiger partial charge < -0.3 is 9.84 Å². The summed E-state index contributed by atoms with van der Waals surface area (Å²) in [7, 11) is 0. The summed E-state index contributed by atoms with van der Waals surface area (Å²) in [4.78, 5) is 15.8. The highest BCUT2D eigenvalue weighted by Gasteiger charge is 2.15. The van der Waals surface area contributed by atoms with Gasteiger partial charge in [-0.15, -0.1) is 0 Å². The van der Waals surface area contributed by atoms with Crippen molar-refractivity contribution in [1.82, 2.24) is 10.1 Å². The van der Waals surface area contributed by atoms with Crippen molar-refractivity contribution < 1.29 is 9.32 Å². The lowest BCUT2D eigenvalue weighted by atomic mass is 10.2. The van der Waals surface area contributed by atoms with Crippen molar-refractivity contribution in [3.8, 4) is 0 Å². The Labute approximate surface area is 109 Å². The normalized spacial score (nSPS) is 10.4. The van der Waals surface area contributed by atoms with Crippen molar-refractivity contribution in [2.45, 2.75) is 20.3 Å². The van der Waals surface area contributed by atoms with Gasteiger partial charge in [0, 0.05) is 23.6 Å². The number of anilines is 1. The average Bonchev–Trinajstić information content (AvgIpc) is 2.64. The van der Waals surface area contributed by atoms with E-state index in [1.165, 1.54) is 0 Å². The van der Waals surface area contributed by atoms with Crippen molar-refractivity contribution in [2.75, 3.05) is 5.32 Å². The molecule has 0 fully saturated rings. The number of aromatic nitrogens is 2. The molecular formula is C12H12ClN3O2. The Balaban J connectivity index is 2.08. The van der Waals surface area contributed by atoms with E-state index in [4.69, 9.17) is 16.1 Å². The molecule has 2 aromatic heterocycles. The number of nitrogens with one attached hydrogen (secondary N) is 1. The molecule has 5 nitrogen and oxygen atoms in total. The van der Waals surface area contributed by atoms with E-state index in [1.54, 1.807) is 25.4 Å². The van der Waals surface area contributed by atoms with E-state index in [0.717, 1.165) is 11.3 Å². The number of nitrogens with zero attached hydrogens (tertiary/aromatic N) is 2.